The molecule has 10 nitrogen and oxygen atoms in total. The van der Waals surface area contributed by atoms with E-state index in [1.165, 1.54) is 29.0 Å². The number of nitriles is 1. The van der Waals surface area contributed by atoms with Crippen LogP contribution < -0.4 is 5.73 Å². The zero-order chi connectivity index (χ0) is 19.0. The fraction of sp³-hybridized carbons (Fsp3) is 0.312. The Morgan fingerprint density at radius 1 is 1.26 bits per heavy atom. The van der Waals surface area contributed by atoms with Gasteiger partial charge < -0.3 is 20.7 Å². The predicted molar refractivity (Wildman–Crippen MR) is 95.3 cm³/mol. The van der Waals surface area contributed by atoms with E-state index in [0.29, 0.717) is 27.5 Å². The predicted octanol–water partition coefficient (Wildman–Crippen LogP) is 0.0867. The molecular formula is C16H15N7O3S. The van der Waals surface area contributed by atoms with E-state index in [-0.39, 0.29) is 5.82 Å². The number of hydrogen-bond donors (Lipinski definition) is 3. The van der Waals surface area contributed by atoms with Crippen molar-refractivity contribution in [2.75, 3.05) is 11.5 Å². The molecule has 0 bridgehead atoms. The van der Waals surface area contributed by atoms with Crippen LogP contribution in [-0.2, 0) is 4.74 Å². The molecule has 27 heavy (non-hydrogen) atoms. The van der Waals surface area contributed by atoms with Gasteiger partial charge in [0.1, 0.15) is 35.1 Å². The molecule has 0 radical (unpaired) electrons. The Bertz CT molecular complexity index is 1020. The zero-order valence-electron chi connectivity index (χ0n) is 13.9. The molecule has 1 aliphatic rings. The normalized spacial score (nSPS) is 24.9. The molecule has 0 aromatic carbocycles. The molecule has 138 valence electrons. The first kappa shape index (κ1) is 17.6. The van der Waals surface area contributed by atoms with Crippen LogP contribution in [0.3, 0.4) is 0 Å². The van der Waals surface area contributed by atoms with E-state index in [0.717, 1.165) is 0 Å². The molecule has 0 amide bonds. The number of ether oxygens (including phenoxy) is 1. The van der Waals surface area contributed by atoms with Crippen LogP contribution in [0.2, 0.25) is 0 Å². The number of aliphatic hydroxyl groups excluding tert-OH is 2. The standard InChI is InChI=1S/C16H15N7O3S/c17-4-8-2-1-3-19-15(8)27-5-9-11(24)12(25)16(26-9)23-7-22-10-13(18)20-6-21-14(10)23/h1-3,6-7,9,11-12,16,24-25H,5H2,(H2,18,20,21)/t9-,11-,12-,16?/m1/s1. The average molecular weight is 385 g/mol. The Labute approximate surface area is 157 Å². The number of nitrogen functional groups attached to an aromatic ring is 1. The lowest BCUT2D eigenvalue weighted by Gasteiger charge is -2.16. The summed E-state index contributed by atoms with van der Waals surface area (Å²) in [5, 5.41) is 30.5. The van der Waals surface area contributed by atoms with Gasteiger partial charge in [-0.2, -0.15) is 5.26 Å². The minimum atomic E-state index is -1.18. The monoisotopic (exact) mass is 385 g/mol. The average Bonchev–Trinajstić information content (AvgIpc) is 3.23. The van der Waals surface area contributed by atoms with Gasteiger partial charge in [-0.3, -0.25) is 4.57 Å². The number of nitrogens with zero attached hydrogens (tertiary/aromatic N) is 6. The van der Waals surface area contributed by atoms with Crippen molar-refractivity contribution in [1.29, 1.82) is 5.26 Å². The van der Waals surface area contributed by atoms with Crippen LogP contribution in [0.5, 0.6) is 0 Å². The van der Waals surface area contributed by atoms with Crippen LogP contribution >= 0.6 is 11.8 Å². The van der Waals surface area contributed by atoms with Crippen molar-refractivity contribution in [3.05, 3.63) is 36.5 Å². The first-order chi connectivity index (χ1) is 13.1. The summed E-state index contributed by atoms with van der Waals surface area (Å²) >= 11 is 1.28. The molecule has 4 atom stereocenters. The topological polar surface area (TPSA) is 156 Å². The minimum absolute atomic E-state index is 0.220. The maximum Gasteiger partial charge on any atom is 0.167 e. The number of aliphatic hydroxyl groups is 2. The number of imidazole rings is 1. The third-order valence-corrected chi connectivity index (χ3v) is 5.37. The van der Waals surface area contributed by atoms with Crippen LogP contribution in [0.25, 0.3) is 11.2 Å². The summed E-state index contributed by atoms with van der Waals surface area (Å²) in [5.41, 5.74) is 7.03. The Kier molecular flexibility index (Phi) is 4.63. The van der Waals surface area contributed by atoms with Gasteiger partial charge in [0.15, 0.2) is 17.7 Å². The second-order valence-electron chi connectivity index (χ2n) is 5.91. The maximum atomic E-state index is 10.5. The molecule has 1 aliphatic heterocycles. The van der Waals surface area contributed by atoms with E-state index >= 15 is 0 Å². The van der Waals surface area contributed by atoms with Crippen molar-refractivity contribution in [3.63, 3.8) is 0 Å². The summed E-state index contributed by atoms with van der Waals surface area (Å²) in [6.07, 6.45) is 0.499. The molecule has 4 rings (SSSR count). The lowest BCUT2D eigenvalue weighted by atomic mass is 10.1. The molecule has 3 aromatic heterocycles. The number of hydrogen-bond acceptors (Lipinski definition) is 10. The van der Waals surface area contributed by atoms with Gasteiger partial charge in [-0.05, 0) is 12.1 Å². The van der Waals surface area contributed by atoms with E-state index in [1.54, 1.807) is 18.3 Å². The second-order valence-corrected chi connectivity index (χ2v) is 6.92. The van der Waals surface area contributed by atoms with Crippen LogP contribution in [-0.4, -0.2) is 58.8 Å². The zero-order valence-corrected chi connectivity index (χ0v) is 14.7. The van der Waals surface area contributed by atoms with E-state index in [1.807, 2.05) is 0 Å². The number of thioether (sulfide) groups is 1. The minimum Gasteiger partial charge on any atom is -0.387 e. The van der Waals surface area contributed by atoms with E-state index < -0.39 is 24.5 Å². The molecule has 3 aromatic rings. The van der Waals surface area contributed by atoms with Gasteiger partial charge in [0.05, 0.1) is 18.0 Å². The van der Waals surface area contributed by atoms with Gasteiger partial charge >= 0.3 is 0 Å². The van der Waals surface area contributed by atoms with Crippen LogP contribution in [0, 0.1) is 11.3 Å². The summed E-state index contributed by atoms with van der Waals surface area (Å²) in [4.78, 5) is 16.3. The molecule has 0 saturated carbocycles. The van der Waals surface area contributed by atoms with E-state index in [2.05, 4.69) is 26.0 Å². The van der Waals surface area contributed by atoms with Crippen molar-refractivity contribution >= 4 is 28.7 Å². The van der Waals surface area contributed by atoms with Gasteiger partial charge in [0, 0.05) is 11.9 Å². The highest BCUT2D eigenvalue weighted by atomic mass is 32.2. The van der Waals surface area contributed by atoms with E-state index in [9.17, 15) is 10.2 Å². The number of pyridine rings is 1. The summed E-state index contributed by atoms with van der Waals surface area (Å²) in [6, 6.07) is 5.42. The highest BCUT2D eigenvalue weighted by Gasteiger charge is 2.44. The summed E-state index contributed by atoms with van der Waals surface area (Å²) in [5.74, 6) is 0.530. The number of anilines is 1. The van der Waals surface area contributed by atoms with Crippen molar-refractivity contribution < 1.29 is 14.9 Å². The Hall–Kier alpha value is -2.78. The second kappa shape index (κ2) is 7.09. The first-order valence-corrected chi connectivity index (χ1v) is 9.01. The molecule has 1 fully saturated rings. The number of nitrogens with two attached hydrogens (primary N) is 1. The Morgan fingerprint density at radius 2 is 2.11 bits per heavy atom. The van der Waals surface area contributed by atoms with Gasteiger partial charge in [-0.25, -0.2) is 19.9 Å². The van der Waals surface area contributed by atoms with Gasteiger partial charge in [0.2, 0.25) is 0 Å². The van der Waals surface area contributed by atoms with Crippen LogP contribution in [0.4, 0.5) is 5.82 Å². The van der Waals surface area contributed by atoms with Crippen molar-refractivity contribution in [3.8, 4) is 6.07 Å². The summed E-state index contributed by atoms with van der Waals surface area (Å²) in [6.45, 7) is 0. The van der Waals surface area contributed by atoms with Crippen LogP contribution in [0.1, 0.15) is 11.8 Å². The van der Waals surface area contributed by atoms with Crippen molar-refractivity contribution in [2.24, 2.45) is 0 Å². The third kappa shape index (κ3) is 3.08. The molecule has 4 heterocycles. The van der Waals surface area contributed by atoms with Gasteiger partial charge in [0.25, 0.3) is 0 Å². The Morgan fingerprint density at radius 3 is 2.93 bits per heavy atom. The highest BCUT2D eigenvalue weighted by Crippen LogP contribution is 2.34. The summed E-state index contributed by atoms with van der Waals surface area (Å²) < 4.78 is 7.39. The number of aromatic nitrogens is 5. The lowest BCUT2D eigenvalue weighted by molar-refractivity contribution is -0.0289. The van der Waals surface area contributed by atoms with Crippen molar-refractivity contribution in [2.45, 2.75) is 29.6 Å². The smallest absolute Gasteiger partial charge is 0.167 e. The highest BCUT2D eigenvalue weighted by molar-refractivity contribution is 7.99. The quantitative estimate of drug-likeness (QED) is 0.526. The fourth-order valence-corrected chi connectivity index (χ4v) is 3.91. The maximum absolute atomic E-state index is 10.5. The molecule has 0 spiro atoms. The van der Waals surface area contributed by atoms with Crippen molar-refractivity contribution in [1.82, 2.24) is 24.5 Å². The third-order valence-electron chi connectivity index (χ3n) is 4.27. The SMILES string of the molecule is N#Cc1cccnc1SC[C@H]1OC(n2cnc3c(N)ncnc32)[C@H](O)[C@@H]1O. The summed E-state index contributed by atoms with van der Waals surface area (Å²) in [7, 11) is 0. The molecular weight excluding hydrogens is 370 g/mol. The number of fused-ring (bicyclic) bond motifs is 1. The molecule has 1 unspecified atom stereocenters. The number of rotatable bonds is 4. The molecule has 4 N–H and O–H groups in total. The molecule has 0 aliphatic carbocycles. The van der Waals surface area contributed by atoms with Gasteiger partial charge in [-0.1, -0.05) is 0 Å². The van der Waals surface area contributed by atoms with Crippen LogP contribution in [0.15, 0.2) is 36.0 Å². The lowest BCUT2D eigenvalue weighted by Crippen LogP contribution is -2.32. The first-order valence-electron chi connectivity index (χ1n) is 8.02. The largest absolute Gasteiger partial charge is 0.387 e. The van der Waals surface area contributed by atoms with Gasteiger partial charge in [-0.15, -0.1) is 11.8 Å². The molecule has 11 heteroatoms. The fourth-order valence-electron chi connectivity index (χ4n) is 2.90. The van der Waals surface area contributed by atoms with E-state index in [4.69, 9.17) is 15.7 Å². The Balaban J connectivity index is 1.54. The molecule has 1 saturated heterocycles.